The van der Waals surface area contributed by atoms with Crippen molar-refractivity contribution < 1.29 is 14.5 Å². The molecule has 1 fully saturated rings. The average Bonchev–Trinajstić information content (AvgIpc) is 2.75. The predicted molar refractivity (Wildman–Crippen MR) is 112 cm³/mol. The van der Waals surface area contributed by atoms with Gasteiger partial charge in [-0.3, -0.25) is 19.8 Å². The molecule has 0 aliphatic carbocycles. The lowest BCUT2D eigenvalue weighted by Crippen LogP contribution is -2.40. The van der Waals surface area contributed by atoms with E-state index < -0.39 is 10.8 Å². The van der Waals surface area contributed by atoms with Gasteiger partial charge in [-0.1, -0.05) is 36.2 Å². The summed E-state index contributed by atoms with van der Waals surface area (Å²) >= 11 is 6.11. The van der Waals surface area contributed by atoms with E-state index >= 15 is 0 Å². The minimum atomic E-state index is -0.543. The van der Waals surface area contributed by atoms with Gasteiger partial charge in [-0.2, -0.15) is 0 Å². The number of carbonyl (C=O) groups excluding carboxylic acids is 1. The normalized spacial score (nSPS) is 15.5. The predicted octanol–water partition coefficient (Wildman–Crippen LogP) is 4.21. The van der Waals surface area contributed by atoms with Crippen LogP contribution in [0, 0.1) is 10.1 Å². The summed E-state index contributed by atoms with van der Waals surface area (Å²) in [6.07, 6.45) is 3.41. The molecule has 1 atom stereocenters. The van der Waals surface area contributed by atoms with Crippen molar-refractivity contribution >= 4 is 23.2 Å². The summed E-state index contributed by atoms with van der Waals surface area (Å²) in [6, 6.07) is 11.6. The van der Waals surface area contributed by atoms with Crippen molar-refractivity contribution in [1.82, 2.24) is 10.2 Å². The molecule has 1 N–H and O–H groups in total. The molecule has 0 bridgehead atoms. The monoisotopic (exact) mass is 417 g/mol. The number of halogens is 1. The van der Waals surface area contributed by atoms with Crippen LogP contribution in [0.5, 0.6) is 5.75 Å². The molecule has 0 saturated carbocycles. The highest BCUT2D eigenvalue weighted by molar-refractivity contribution is 6.33. The molecule has 1 unspecified atom stereocenters. The van der Waals surface area contributed by atoms with Crippen molar-refractivity contribution in [2.75, 3.05) is 26.7 Å². The van der Waals surface area contributed by atoms with Gasteiger partial charge in [-0.25, -0.2) is 0 Å². The second kappa shape index (κ2) is 9.71. The van der Waals surface area contributed by atoms with Crippen LogP contribution >= 0.6 is 11.6 Å². The smallest absolute Gasteiger partial charge is 0.270 e. The van der Waals surface area contributed by atoms with Crippen LogP contribution in [0.15, 0.2) is 42.5 Å². The maximum absolute atomic E-state index is 12.7. The molecule has 2 aromatic carbocycles. The number of carbonyl (C=O) groups is 1. The minimum absolute atomic E-state index is 0.0622. The number of benzene rings is 2. The third-order valence-corrected chi connectivity index (χ3v) is 5.52. The fourth-order valence-corrected chi connectivity index (χ4v) is 3.90. The van der Waals surface area contributed by atoms with Crippen LogP contribution in [0.3, 0.4) is 0 Å². The molecule has 1 aliphatic rings. The van der Waals surface area contributed by atoms with Gasteiger partial charge < -0.3 is 10.1 Å². The van der Waals surface area contributed by atoms with Crippen molar-refractivity contribution in [3.8, 4) is 5.75 Å². The number of hydrogen-bond acceptors (Lipinski definition) is 5. The van der Waals surface area contributed by atoms with Crippen molar-refractivity contribution in [3.63, 3.8) is 0 Å². The molecule has 1 amide bonds. The van der Waals surface area contributed by atoms with Crippen molar-refractivity contribution in [2.24, 2.45) is 0 Å². The number of rotatable bonds is 7. The summed E-state index contributed by atoms with van der Waals surface area (Å²) in [7, 11) is 1.63. The number of nitrogens with one attached hydrogen (secondary N) is 1. The summed E-state index contributed by atoms with van der Waals surface area (Å²) in [5, 5.41) is 14.1. The number of piperidine rings is 1. The Bertz CT molecular complexity index is 884. The highest BCUT2D eigenvalue weighted by Gasteiger charge is 2.26. The number of amides is 1. The molecule has 8 heteroatoms. The Kier molecular flexibility index (Phi) is 7.06. The van der Waals surface area contributed by atoms with Crippen LogP contribution < -0.4 is 10.1 Å². The zero-order chi connectivity index (χ0) is 20.8. The molecular weight excluding hydrogens is 394 g/mol. The van der Waals surface area contributed by atoms with E-state index in [2.05, 4.69) is 10.2 Å². The van der Waals surface area contributed by atoms with E-state index in [1.807, 2.05) is 24.3 Å². The lowest BCUT2D eigenvalue weighted by molar-refractivity contribution is -0.384. The zero-order valence-electron chi connectivity index (χ0n) is 16.3. The lowest BCUT2D eigenvalue weighted by atomic mass is 10.0. The van der Waals surface area contributed by atoms with E-state index in [9.17, 15) is 14.9 Å². The maximum Gasteiger partial charge on any atom is 0.270 e. The molecule has 1 heterocycles. The van der Waals surface area contributed by atoms with E-state index in [-0.39, 0.29) is 22.3 Å². The second-order valence-electron chi connectivity index (χ2n) is 6.99. The van der Waals surface area contributed by atoms with Gasteiger partial charge in [0.05, 0.1) is 28.7 Å². The number of nitrogens with zero attached hydrogens (tertiary/aromatic N) is 2. The molecule has 29 heavy (non-hydrogen) atoms. The molecular formula is C21H24ClN3O4. The number of para-hydroxylation sites is 1. The summed E-state index contributed by atoms with van der Waals surface area (Å²) < 4.78 is 5.53. The van der Waals surface area contributed by atoms with E-state index in [1.54, 1.807) is 7.11 Å². The largest absolute Gasteiger partial charge is 0.496 e. The van der Waals surface area contributed by atoms with E-state index in [4.69, 9.17) is 16.3 Å². The topological polar surface area (TPSA) is 84.7 Å². The van der Waals surface area contributed by atoms with Crippen molar-refractivity contribution in [1.29, 1.82) is 0 Å². The van der Waals surface area contributed by atoms with E-state index in [0.717, 1.165) is 37.2 Å². The molecule has 1 saturated heterocycles. The molecule has 0 radical (unpaired) electrons. The first-order valence-electron chi connectivity index (χ1n) is 9.60. The molecule has 1 aliphatic heterocycles. The Morgan fingerprint density at radius 3 is 2.66 bits per heavy atom. The molecule has 3 rings (SSSR count). The summed E-state index contributed by atoms with van der Waals surface area (Å²) in [4.78, 5) is 25.6. The zero-order valence-corrected chi connectivity index (χ0v) is 17.0. The minimum Gasteiger partial charge on any atom is -0.496 e. The van der Waals surface area contributed by atoms with Crippen LogP contribution in [0.25, 0.3) is 0 Å². The van der Waals surface area contributed by atoms with Gasteiger partial charge in [0.25, 0.3) is 11.6 Å². The van der Waals surface area contributed by atoms with Crippen LogP contribution in [0.4, 0.5) is 5.69 Å². The standard InChI is InChI=1S/C21H24ClN3O4/c1-29-20-8-4-3-7-16(20)19(24-11-5-2-6-12-24)14-23-21(26)17-13-15(25(27)28)9-10-18(17)22/h3-4,7-10,13,19H,2,5-6,11-12,14H2,1H3,(H,23,26). The van der Waals surface area contributed by atoms with Crippen LogP contribution in [-0.2, 0) is 0 Å². The van der Waals surface area contributed by atoms with Crippen LogP contribution in [-0.4, -0.2) is 42.5 Å². The van der Waals surface area contributed by atoms with Gasteiger partial charge in [-0.05, 0) is 38.1 Å². The number of methoxy groups -OCH3 is 1. The number of nitro benzene ring substituents is 1. The Morgan fingerprint density at radius 2 is 1.97 bits per heavy atom. The third kappa shape index (κ3) is 5.05. The van der Waals surface area contributed by atoms with Gasteiger partial charge >= 0.3 is 0 Å². The number of non-ortho nitro benzene ring substituents is 1. The fraction of sp³-hybridized carbons (Fsp3) is 0.381. The third-order valence-electron chi connectivity index (χ3n) is 5.19. The van der Waals surface area contributed by atoms with Gasteiger partial charge in [-0.15, -0.1) is 0 Å². The van der Waals surface area contributed by atoms with E-state index in [0.29, 0.717) is 6.54 Å². The highest BCUT2D eigenvalue weighted by atomic mass is 35.5. The summed E-state index contributed by atoms with van der Waals surface area (Å²) in [5.41, 5.74) is 0.928. The molecule has 0 spiro atoms. The number of nitro groups is 1. The SMILES string of the molecule is COc1ccccc1C(CNC(=O)c1cc([N+](=O)[O-])ccc1Cl)N1CCCCC1. The van der Waals surface area contributed by atoms with Crippen LogP contribution in [0.2, 0.25) is 5.02 Å². The van der Waals surface area contributed by atoms with E-state index in [1.165, 1.54) is 24.6 Å². The second-order valence-corrected chi connectivity index (χ2v) is 7.39. The Morgan fingerprint density at radius 1 is 1.24 bits per heavy atom. The first-order valence-corrected chi connectivity index (χ1v) is 9.98. The fourth-order valence-electron chi connectivity index (χ4n) is 3.69. The van der Waals surface area contributed by atoms with Gasteiger partial charge in [0.15, 0.2) is 0 Å². The molecule has 2 aromatic rings. The molecule has 0 aromatic heterocycles. The summed E-state index contributed by atoms with van der Waals surface area (Å²) in [6.45, 7) is 2.23. The molecule has 154 valence electrons. The first-order chi connectivity index (χ1) is 14.0. The Balaban J connectivity index is 1.82. The number of hydrogen-bond donors (Lipinski definition) is 1. The lowest BCUT2D eigenvalue weighted by Gasteiger charge is -2.35. The summed E-state index contributed by atoms with van der Waals surface area (Å²) in [5.74, 6) is 0.335. The first kappa shape index (κ1) is 21.1. The van der Waals surface area contributed by atoms with Crippen LogP contribution in [0.1, 0.15) is 41.2 Å². The highest BCUT2D eigenvalue weighted by Crippen LogP contribution is 2.31. The van der Waals surface area contributed by atoms with Gasteiger partial charge in [0, 0.05) is 24.2 Å². The number of ether oxygens (including phenoxy) is 1. The Labute approximate surface area is 174 Å². The quantitative estimate of drug-likeness (QED) is 0.538. The van der Waals surface area contributed by atoms with Gasteiger partial charge in [0.2, 0.25) is 0 Å². The van der Waals surface area contributed by atoms with Crippen molar-refractivity contribution in [2.45, 2.75) is 25.3 Å². The molecule has 7 nitrogen and oxygen atoms in total. The Hall–Kier alpha value is -2.64. The van der Waals surface area contributed by atoms with Gasteiger partial charge in [0.1, 0.15) is 5.75 Å². The number of likely N-dealkylation sites (tertiary alicyclic amines) is 1. The van der Waals surface area contributed by atoms with Crippen molar-refractivity contribution in [3.05, 3.63) is 68.7 Å². The maximum atomic E-state index is 12.7. The average molecular weight is 418 g/mol.